The molecule has 0 aromatic carbocycles. The van der Waals surface area contributed by atoms with Crippen LogP contribution in [0.3, 0.4) is 0 Å². The molecule has 4 nitrogen and oxygen atoms in total. The van der Waals surface area contributed by atoms with Gasteiger partial charge in [0.15, 0.2) is 0 Å². The molecule has 1 rings (SSSR count). The van der Waals surface area contributed by atoms with Gasteiger partial charge in [-0.1, -0.05) is 0 Å². The van der Waals surface area contributed by atoms with Crippen molar-refractivity contribution in [2.24, 2.45) is 11.7 Å². The lowest BCUT2D eigenvalue weighted by Gasteiger charge is -2.23. The van der Waals surface area contributed by atoms with Crippen LogP contribution in [-0.4, -0.2) is 42.3 Å². The number of nitrogens with one attached hydrogen (secondary N) is 1. The number of carbonyl (C=O) groups is 1. The molecule has 1 aliphatic heterocycles. The Hall–Kier alpha value is -0.980. The van der Waals surface area contributed by atoms with Gasteiger partial charge in [0, 0.05) is 25.2 Å². The second-order valence-corrected chi connectivity index (χ2v) is 4.98. The summed E-state index contributed by atoms with van der Waals surface area (Å²) in [6, 6.07) is -1.28. The zero-order chi connectivity index (χ0) is 13.9. The number of urea groups is 1. The molecule has 2 amide bonds. The quantitative estimate of drug-likeness (QED) is 0.759. The highest BCUT2D eigenvalue weighted by Crippen LogP contribution is 2.33. The molecule has 106 valence electrons. The van der Waals surface area contributed by atoms with Crippen LogP contribution in [0.1, 0.15) is 26.7 Å². The van der Waals surface area contributed by atoms with Gasteiger partial charge in [0.05, 0.1) is 5.92 Å². The van der Waals surface area contributed by atoms with E-state index in [1.807, 2.05) is 0 Å². The average Bonchev–Trinajstić information content (AvgIpc) is 2.37. The van der Waals surface area contributed by atoms with E-state index in [0.717, 1.165) is 0 Å². The van der Waals surface area contributed by atoms with Crippen molar-refractivity contribution in [2.75, 3.05) is 13.1 Å². The summed E-state index contributed by atoms with van der Waals surface area (Å²) in [4.78, 5) is 13.1. The number of hydrogen-bond acceptors (Lipinski definition) is 2. The number of amides is 2. The van der Waals surface area contributed by atoms with Crippen molar-refractivity contribution in [3.63, 3.8) is 0 Å². The van der Waals surface area contributed by atoms with Crippen LogP contribution in [0.15, 0.2) is 0 Å². The van der Waals surface area contributed by atoms with Crippen molar-refractivity contribution in [3.8, 4) is 0 Å². The molecule has 0 spiro atoms. The molecule has 2 unspecified atom stereocenters. The first-order valence-corrected chi connectivity index (χ1v) is 6.09. The average molecular weight is 267 g/mol. The van der Waals surface area contributed by atoms with Crippen LogP contribution < -0.4 is 11.1 Å². The SMILES string of the molecule is CC(C)NC(=O)N1CCC(N)C(C(F)(F)F)CC1. The fourth-order valence-electron chi connectivity index (χ4n) is 2.07. The number of nitrogens with two attached hydrogens (primary N) is 1. The van der Waals surface area contributed by atoms with Gasteiger partial charge in [-0.2, -0.15) is 13.2 Å². The van der Waals surface area contributed by atoms with Gasteiger partial charge in [-0.05, 0) is 26.7 Å². The summed E-state index contributed by atoms with van der Waals surface area (Å²) in [6.07, 6.45) is -4.24. The number of likely N-dealkylation sites (tertiary alicyclic amines) is 1. The van der Waals surface area contributed by atoms with Crippen molar-refractivity contribution in [2.45, 2.75) is 44.9 Å². The molecule has 0 radical (unpaired) electrons. The topological polar surface area (TPSA) is 58.4 Å². The molecule has 0 aromatic heterocycles. The Morgan fingerprint density at radius 2 is 1.89 bits per heavy atom. The van der Waals surface area contributed by atoms with E-state index in [4.69, 9.17) is 5.73 Å². The Morgan fingerprint density at radius 3 is 2.39 bits per heavy atom. The molecule has 18 heavy (non-hydrogen) atoms. The first kappa shape index (κ1) is 15.1. The molecule has 1 aliphatic rings. The third kappa shape index (κ3) is 4.04. The van der Waals surface area contributed by atoms with Crippen molar-refractivity contribution in [3.05, 3.63) is 0 Å². The maximum absolute atomic E-state index is 12.7. The molecule has 1 saturated heterocycles. The van der Waals surface area contributed by atoms with Crippen LogP contribution in [0.5, 0.6) is 0 Å². The standard InChI is InChI=1S/C11H20F3N3O/c1-7(2)16-10(18)17-5-3-8(11(12,13)14)9(15)4-6-17/h7-9H,3-6,15H2,1-2H3,(H,16,18). The van der Waals surface area contributed by atoms with E-state index < -0.39 is 18.1 Å². The Labute approximate surface area is 105 Å². The van der Waals surface area contributed by atoms with Crippen LogP contribution in [-0.2, 0) is 0 Å². The second kappa shape index (κ2) is 5.77. The summed E-state index contributed by atoms with van der Waals surface area (Å²) in [5.74, 6) is -1.52. The van der Waals surface area contributed by atoms with Crippen molar-refractivity contribution in [1.82, 2.24) is 10.2 Å². The van der Waals surface area contributed by atoms with Gasteiger partial charge in [-0.3, -0.25) is 0 Å². The smallest absolute Gasteiger partial charge is 0.336 e. The lowest BCUT2D eigenvalue weighted by Crippen LogP contribution is -2.43. The Morgan fingerprint density at radius 1 is 1.33 bits per heavy atom. The van der Waals surface area contributed by atoms with Crippen molar-refractivity contribution in [1.29, 1.82) is 0 Å². The summed E-state index contributed by atoms with van der Waals surface area (Å²) in [7, 11) is 0. The van der Waals surface area contributed by atoms with E-state index in [2.05, 4.69) is 5.32 Å². The van der Waals surface area contributed by atoms with Gasteiger partial charge in [0.25, 0.3) is 0 Å². The number of halogens is 3. The molecule has 0 bridgehead atoms. The van der Waals surface area contributed by atoms with Crippen LogP contribution in [0.25, 0.3) is 0 Å². The summed E-state index contributed by atoms with van der Waals surface area (Å²) < 4.78 is 38.1. The molecular formula is C11H20F3N3O. The van der Waals surface area contributed by atoms with Gasteiger partial charge < -0.3 is 16.0 Å². The number of hydrogen-bond donors (Lipinski definition) is 2. The van der Waals surface area contributed by atoms with Gasteiger partial charge in [0.1, 0.15) is 0 Å². The van der Waals surface area contributed by atoms with Gasteiger partial charge >= 0.3 is 12.2 Å². The Bertz CT molecular complexity index is 294. The highest BCUT2D eigenvalue weighted by Gasteiger charge is 2.44. The highest BCUT2D eigenvalue weighted by molar-refractivity contribution is 5.74. The molecule has 2 atom stereocenters. The van der Waals surface area contributed by atoms with E-state index in [1.165, 1.54) is 4.90 Å². The van der Waals surface area contributed by atoms with E-state index in [-0.39, 0.29) is 38.0 Å². The molecular weight excluding hydrogens is 247 g/mol. The largest absolute Gasteiger partial charge is 0.393 e. The number of alkyl halides is 3. The summed E-state index contributed by atoms with van der Waals surface area (Å²) >= 11 is 0. The molecule has 7 heteroatoms. The minimum atomic E-state index is -4.29. The minimum absolute atomic E-state index is 0.0344. The van der Waals surface area contributed by atoms with Gasteiger partial charge in [-0.15, -0.1) is 0 Å². The first-order valence-electron chi connectivity index (χ1n) is 6.09. The summed E-state index contributed by atoms with van der Waals surface area (Å²) in [5, 5.41) is 2.67. The van der Waals surface area contributed by atoms with Crippen molar-refractivity contribution >= 4 is 6.03 Å². The third-order valence-corrected chi connectivity index (χ3v) is 3.08. The Balaban J connectivity index is 2.62. The van der Waals surface area contributed by atoms with Gasteiger partial charge in [0.2, 0.25) is 0 Å². The predicted octanol–water partition coefficient (Wildman–Crippen LogP) is 1.71. The van der Waals surface area contributed by atoms with Crippen LogP contribution in [0.4, 0.5) is 18.0 Å². The van der Waals surface area contributed by atoms with E-state index in [9.17, 15) is 18.0 Å². The number of nitrogens with zero attached hydrogens (tertiary/aromatic N) is 1. The van der Waals surface area contributed by atoms with Crippen LogP contribution >= 0.6 is 0 Å². The summed E-state index contributed by atoms with van der Waals surface area (Å²) in [6.45, 7) is 3.97. The highest BCUT2D eigenvalue weighted by atomic mass is 19.4. The fraction of sp³-hybridized carbons (Fsp3) is 0.909. The molecule has 0 aliphatic carbocycles. The maximum Gasteiger partial charge on any atom is 0.393 e. The summed E-state index contributed by atoms with van der Waals surface area (Å²) in [5.41, 5.74) is 5.55. The Kier molecular flexibility index (Phi) is 4.84. The lowest BCUT2D eigenvalue weighted by atomic mass is 9.95. The fourth-order valence-corrected chi connectivity index (χ4v) is 2.07. The molecule has 0 aromatic rings. The van der Waals surface area contributed by atoms with Gasteiger partial charge in [-0.25, -0.2) is 4.79 Å². The van der Waals surface area contributed by atoms with E-state index in [1.54, 1.807) is 13.8 Å². The molecule has 1 fully saturated rings. The molecule has 1 heterocycles. The third-order valence-electron chi connectivity index (χ3n) is 3.08. The molecule has 3 N–H and O–H groups in total. The second-order valence-electron chi connectivity index (χ2n) is 4.98. The number of rotatable bonds is 1. The number of carbonyl (C=O) groups excluding carboxylic acids is 1. The predicted molar refractivity (Wildman–Crippen MR) is 62.0 cm³/mol. The van der Waals surface area contributed by atoms with Crippen LogP contribution in [0, 0.1) is 5.92 Å². The monoisotopic (exact) mass is 267 g/mol. The van der Waals surface area contributed by atoms with Crippen LogP contribution in [0.2, 0.25) is 0 Å². The molecule has 0 saturated carbocycles. The lowest BCUT2D eigenvalue weighted by molar-refractivity contribution is -0.180. The zero-order valence-corrected chi connectivity index (χ0v) is 10.6. The minimum Gasteiger partial charge on any atom is -0.336 e. The first-order chi connectivity index (χ1) is 8.21. The van der Waals surface area contributed by atoms with E-state index >= 15 is 0 Å². The zero-order valence-electron chi connectivity index (χ0n) is 10.6. The normalized spacial score (nSPS) is 26.1. The maximum atomic E-state index is 12.7. The van der Waals surface area contributed by atoms with Crippen molar-refractivity contribution < 1.29 is 18.0 Å². The van der Waals surface area contributed by atoms with E-state index in [0.29, 0.717) is 0 Å².